The second-order valence-corrected chi connectivity index (χ2v) is 4.71. The van der Waals surface area contributed by atoms with Crippen molar-refractivity contribution in [3.05, 3.63) is 15.8 Å². The largest absolute Gasteiger partial charge is 0.360 e. The summed E-state index contributed by atoms with van der Waals surface area (Å²) in [6.45, 7) is 7.32. The van der Waals surface area contributed by atoms with Crippen molar-refractivity contribution in [1.29, 1.82) is 0 Å². The van der Waals surface area contributed by atoms with Gasteiger partial charge in [-0.05, 0) is 27.7 Å². The number of hydrogen-bond acceptors (Lipinski definition) is 6. The van der Waals surface area contributed by atoms with Crippen LogP contribution in [0.1, 0.15) is 26.5 Å². The number of nitrogens with one attached hydrogen (secondary N) is 2. The van der Waals surface area contributed by atoms with E-state index in [1.807, 2.05) is 20.8 Å². The van der Waals surface area contributed by atoms with Gasteiger partial charge in [-0.3, -0.25) is 10.1 Å². The summed E-state index contributed by atoms with van der Waals surface area (Å²) in [6, 6.07) is 0. The number of hydrogen-bond donors (Lipinski definition) is 2. The van der Waals surface area contributed by atoms with Crippen molar-refractivity contribution >= 4 is 17.5 Å². The van der Waals surface area contributed by atoms with Crippen LogP contribution in [0.5, 0.6) is 0 Å². The van der Waals surface area contributed by atoms with Crippen LogP contribution in [0.4, 0.5) is 17.5 Å². The minimum atomic E-state index is -0.469. The fourth-order valence-corrected chi connectivity index (χ4v) is 1.34. The number of nitro groups is 1. The Morgan fingerprint density at radius 3 is 2.29 bits per heavy atom. The molecule has 1 aromatic heterocycles. The molecule has 1 heterocycles. The number of nitrogens with zero attached hydrogens (tertiary/aromatic N) is 3. The molecule has 1 rings (SSSR count). The Hall–Kier alpha value is -1.92. The molecule has 0 atom stereocenters. The quantitative estimate of drug-likeness (QED) is 0.618. The molecule has 7 heteroatoms. The van der Waals surface area contributed by atoms with E-state index in [1.165, 1.54) is 0 Å². The minimum absolute atomic E-state index is 0.0843. The maximum absolute atomic E-state index is 11.0. The van der Waals surface area contributed by atoms with Crippen molar-refractivity contribution < 1.29 is 4.92 Å². The Balaban J connectivity index is 3.32. The third-order valence-corrected chi connectivity index (χ3v) is 1.96. The van der Waals surface area contributed by atoms with Crippen LogP contribution < -0.4 is 10.6 Å². The van der Waals surface area contributed by atoms with E-state index in [2.05, 4.69) is 20.6 Å². The molecule has 0 bridgehead atoms. The summed E-state index contributed by atoms with van der Waals surface area (Å²) in [5.74, 6) is 0.596. The molecule has 0 aliphatic rings. The zero-order chi connectivity index (χ0) is 13.2. The van der Waals surface area contributed by atoms with Gasteiger partial charge in [-0.15, -0.1) is 0 Å². The molecular formula is C10H17N5O2. The molecule has 7 nitrogen and oxygen atoms in total. The van der Waals surface area contributed by atoms with Gasteiger partial charge in [0.2, 0.25) is 11.8 Å². The van der Waals surface area contributed by atoms with E-state index >= 15 is 0 Å². The molecule has 0 saturated carbocycles. The molecule has 0 fully saturated rings. The smallest absolute Gasteiger partial charge is 0.332 e. The molecular weight excluding hydrogens is 222 g/mol. The molecule has 0 spiro atoms. The van der Waals surface area contributed by atoms with Gasteiger partial charge in [0.15, 0.2) is 0 Å². The van der Waals surface area contributed by atoms with E-state index in [-0.39, 0.29) is 17.0 Å². The van der Waals surface area contributed by atoms with Crippen LogP contribution in [0, 0.1) is 17.0 Å². The number of anilines is 2. The van der Waals surface area contributed by atoms with Crippen LogP contribution in [0.2, 0.25) is 0 Å². The normalized spacial score (nSPS) is 11.1. The van der Waals surface area contributed by atoms with Crippen LogP contribution in [0.3, 0.4) is 0 Å². The SMILES string of the molecule is CNc1nc(C)c([N+](=O)[O-])c(NC(C)(C)C)n1. The Bertz CT molecular complexity index is 439. The van der Waals surface area contributed by atoms with Crippen LogP contribution in [0.25, 0.3) is 0 Å². The third kappa shape index (κ3) is 3.27. The fourth-order valence-electron chi connectivity index (χ4n) is 1.34. The molecule has 0 aliphatic heterocycles. The van der Waals surface area contributed by atoms with E-state index in [0.29, 0.717) is 11.6 Å². The first-order valence-corrected chi connectivity index (χ1v) is 5.23. The number of aryl methyl sites for hydroxylation is 1. The van der Waals surface area contributed by atoms with Crippen molar-refractivity contribution in [2.75, 3.05) is 17.7 Å². The Labute approximate surface area is 99.8 Å². The minimum Gasteiger partial charge on any atom is -0.360 e. The van der Waals surface area contributed by atoms with Gasteiger partial charge in [-0.25, -0.2) is 4.98 Å². The monoisotopic (exact) mass is 239 g/mol. The lowest BCUT2D eigenvalue weighted by molar-refractivity contribution is -0.385. The molecule has 0 aliphatic carbocycles. The average Bonchev–Trinajstić information content (AvgIpc) is 2.13. The standard InChI is InChI=1S/C10H17N5O2/c1-6-7(15(16)17)8(14-10(2,3)4)13-9(11-5)12-6/h1-5H3,(H2,11,12,13,14). The first-order chi connectivity index (χ1) is 7.74. The first-order valence-electron chi connectivity index (χ1n) is 5.23. The maximum atomic E-state index is 11.0. The Kier molecular flexibility index (Phi) is 3.50. The fraction of sp³-hybridized carbons (Fsp3) is 0.600. The highest BCUT2D eigenvalue weighted by atomic mass is 16.6. The van der Waals surface area contributed by atoms with Crippen molar-refractivity contribution in [2.45, 2.75) is 33.2 Å². The molecule has 0 aromatic carbocycles. The summed E-state index contributed by atoms with van der Waals surface area (Å²) in [5.41, 5.74) is -0.0589. The van der Waals surface area contributed by atoms with Crippen molar-refractivity contribution in [3.8, 4) is 0 Å². The average molecular weight is 239 g/mol. The molecule has 2 N–H and O–H groups in total. The molecule has 17 heavy (non-hydrogen) atoms. The van der Waals surface area contributed by atoms with Gasteiger partial charge >= 0.3 is 5.69 Å². The number of rotatable bonds is 3. The second kappa shape index (κ2) is 4.52. The van der Waals surface area contributed by atoms with Gasteiger partial charge in [0.25, 0.3) is 0 Å². The van der Waals surface area contributed by atoms with Crippen molar-refractivity contribution in [1.82, 2.24) is 9.97 Å². The molecule has 0 amide bonds. The number of aromatic nitrogens is 2. The summed E-state index contributed by atoms with van der Waals surface area (Å²) in [7, 11) is 1.67. The Morgan fingerprint density at radius 1 is 1.29 bits per heavy atom. The third-order valence-electron chi connectivity index (χ3n) is 1.96. The summed E-state index contributed by atoms with van der Waals surface area (Å²) in [6.07, 6.45) is 0. The highest BCUT2D eigenvalue weighted by Crippen LogP contribution is 2.28. The topological polar surface area (TPSA) is 93.0 Å². The predicted octanol–water partition coefficient (Wildman–Crippen LogP) is 1.95. The van der Waals surface area contributed by atoms with Crippen LogP contribution >= 0.6 is 0 Å². The van der Waals surface area contributed by atoms with E-state index in [4.69, 9.17) is 0 Å². The first kappa shape index (κ1) is 13.1. The summed E-state index contributed by atoms with van der Waals surface area (Å²) in [5, 5.41) is 16.8. The lowest BCUT2D eigenvalue weighted by Gasteiger charge is -2.21. The Morgan fingerprint density at radius 2 is 1.88 bits per heavy atom. The van der Waals surface area contributed by atoms with Crippen LogP contribution in [-0.2, 0) is 0 Å². The van der Waals surface area contributed by atoms with Gasteiger partial charge in [-0.2, -0.15) is 4.98 Å². The van der Waals surface area contributed by atoms with Crippen LogP contribution in [0.15, 0.2) is 0 Å². The highest BCUT2D eigenvalue weighted by Gasteiger charge is 2.24. The molecule has 0 saturated heterocycles. The van der Waals surface area contributed by atoms with Crippen molar-refractivity contribution in [3.63, 3.8) is 0 Å². The van der Waals surface area contributed by atoms with E-state index in [1.54, 1.807) is 14.0 Å². The summed E-state index contributed by atoms with van der Waals surface area (Å²) >= 11 is 0. The van der Waals surface area contributed by atoms with Crippen LogP contribution in [-0.4, -0.2) is 27.5 Å². The zero-order valence-electron chi connectivity index (χ0n) is 10.7. The molecule has 94 valence electrons. The summed E-state index contributed by atoms with van der Waals surface area (Å²) < 4.78 is 0. The van der Waals surface area contributed by atoms with Crippen molar-refractivity contribution in [2.24, 2.45) is 0 Å². The second-order valence-electron chi connectivity index (χ2n) is 4.71. The van der Waals surface area contributed by atoms with E-state index in [9.17, 15) is 10.1 Å². The predicted molar refractivity (Wildman–Crippen MR) is 66.3 cm³/mol. The molecule has 0 radical (unpaired) electrons. The van der Waals surface area contributed by atoms with E-state index < -0.39 is 4.92 Å². The van der Waals surface area contributed by atoms with E-state index in [0.717, 1.165) is 0 Å². The molecule has 0 unspecified atom stereocenters. The lowest BCUT2D eigenvalue weighted by Crippen LogP contribution is -2.27. The zero-order valence-corrected chi connectivity index (χ0v) is 10.7. The van der Waals surface area contributed by atoms with Gasteiger partial charge in [-0.1, -0.05) is 0 Å². The summed E-state index contributed by atoms with van der Waals surface area (Å²) in [4.78, 5) is 18.6. The lowest BCUT2D eigenvalue weighted by atomic mass is 10.1. The highest BCUT2D eigenvalue weighted by molar-refractivity contribution is 5.61. The van der Waals surface area contributed by atoms with Gasteiger partial charge in [0.05, 0.1) is 4.92 Å². The maximum Gasteiger partial charge on any atom is 0.332 e. The van der Waals surface area contributed by atoms with Gasteiger partial charge in [0.1, 0.15) is 5.69 Å². The van der Waals surface area contributed by atoms with Gasteiger partial charge < -0.3 is 10.6 Å². The van der Waals surface area contributed by atoms with Gasteiger partial charge in [0, 0.05) is 12.6 Å². The molecule has 1 aromatic rings.